The minimum absolute atomic E-state index is 0.471. The summed E-state index contributed by atoms with van der Waals surface area (Å²) in [5, 5.41) is 9.76. The van der Waals surface area contributed by atoms with E-state index < -0.39 is 0 Å². The Kier molecular flexibility index (Phi) is 3.33. The highest BCUT2D eigenvalue weighted by Crippen LogP contribution is 2.20. The summed E-state index contributed by atoms with van der Waals surface area (Å²) in [5.41, 5.74) is 2.26. The molecule has 0 amide bonds. The Morgan fingerprint density at radius 1 is 1.31 bits per heavy atom. The van der Waals surface area contributed by atoms with Gasteiger partial charge in [-0.05, 0) is 12.5 Å². The predicted octanol–water partition coefficient (Wildman–Crippen LogP) is 3.11. The van der Waals surface area contributed by atoms with Crippen LogP contribution in [0.2, 0.25) is 0 Å². The lowest BCUT2D eigenvalue weighted by Gasteiger charge is -1.95. The van der Waals surface area contributed by atoms with Gasteiger partial charge in [0.1, 0.15) is 0 Å². The topological polar surface area (TPSA) is 36.7 Å². The van der Waals surface area contributed by atoms with E-state index in [2.05, 4.69) is 23.2 Å². The van der Waals surface area contributed by atoms with Gasteiger partial charge in [-0.25, -0.2) is 4.98 Å². The Morgan fingerprint density at radius 2 is 2.06 bits per heavy atom. The molecule has 2 aromatic rings. The predicted molar refractivity (Wildman–Crippen MR) is 65.4 cm³/mol. The van der Waals surface area contributed by atoms with Gasteiger partial charge in [-0.3, -0.25) is 0 Å². The maximum atomic E-state index is 8.67. The molecular weight excluding hydrogens is 216 g/mol. The van der Waals surface area contributed by atoms with E-state index in [9.17, 15) is 0 Å². The van der Waals surface area contributed by atoms with E-state index in [1.165, 1.54) is 5.56 Å². The fourth-order valence-electron chi connectivity index (χ4n) is 1.57. The average Bonchev–Trinajstić information content (AvgIpc) is 2.61. The molecule has 0 atom stereocenters. The number of hydrogen-bond acceptors (Lipinski definition) is 3. The number of aromatic nitrogens is 1. The number of benzene rings is 1. The first-order valence-corrected chi connectivity index (χ1v) is 5.97. The van der Waals surface area contributed by atoms with E-state index in [1.54, 1.807) is 11.3 Å². The first kappa shape index (κ1) is 10.8. The molecule has 2 nitrogen and oxygen atoms in total. The summed E-state index contributed by atoms with van der Waals surface area (Å²) in [5.74, 6) is 0. The van der Waals surface area contributed by atoms with Crippen molar-refractivity contribution in [3.05, 3.63) is 51.5 Å². The van der Waals surface area contributed by atoms with Gasteiger partial charge in [0.2, 0.25) is 0 Å². The van der Waals surface area contributed by atoms with Crippen LogP contribution in [0.4, 0.5) is 0 Å². The van der Waals surface area contributed by atoms with Gasteiger partial charge in [-0.1, -0.05) is 30.3 Å². The van der Waals surface area contributed by atoms with Crippen LogP contribution in [0.1, 0.15) is 21.1 Å². The van der Waals surface area contributed by atoms with Gasteiger partial charge < -0.3 is 0 Å². The van der Waals surface area contributed by atoms with Gasteiger partial charge in [0, 0.05) is 11.3 Å². The average molecular weight is 228 g/mol. The zero-order valence-electron chi connectivity index (χ0n) is 9.10. The smallest absolute Gasteiger partial charge is 0.0975 e. The molecule has 0 saturated carbocycles. The molecule has 0 aliphatic heterocycles. The molecule has 80 valence electrons. The molecule has 0 aliphatic carbocycles. The zero-order chi connectivity index (χ0) is 11.4. The summed E-state index contributed by atoms with van der Waals surface area (Å²) in [6.45, 7) is 1.97. The maximum absolute atomic E-state index is 8.67. The van der Waals surface area contributed by atoms with Gasteiger partial charge in [0.15, 0.2) is 0 Å². The second-order valence-electron chi connectivity index (χ2n) is 3.61. The van der Waals surface area contributed by atoms with Crippen LogP contribution in [0.5, 0.6) is 0 Å². The first-order valence-electron chi connectivity index (χ1n) is 5.15. The Morgan fingerprint density at radius 3 is 2.75 bits per heavy atom. The molecule has 3 heteroatoms. The second kappa shape index (κ2) is 4.91. The summed E-state index contributed by atoms with van der Waals surface area (Å²) in [6, 6.07) is 12.4. The van der Waals surface area contributed by atoms with Crippen molar-refractivity contribution in [3.8, 4) is 6.07 Å². The standard InChI is InChI=1S/C13H12N2S/c1-10-12(7-8-14)16-13(15-10)9-11-5-3-2-4-6-11/h2-6H,7,9H2,1H3. The van der Waals surface area contributed by atoms with Crippen molar-refractivity contribution in [2.24, 2.45) is 0 Å². The van der Waals surface area contributed by atoms with Crippen LogP contribution in [0.3, 0.4) is 0 Å². The van der Waals surface area contributed by atoms with Gasteiger partial charge in [0.05, 0.1) is 23.2 Å². The normalized spacial score (nSPS) is 10.0. The maximum Gasteiger partial charge on any atom is 0.0975 e. The van der Waals surface area contributed by atoms with Gasteiger partial charge in [-0.15, -0.1) is 11.3 Å². The molecule has 0 fully saturated rings. The summed E-state index contributed by atoms with van der Waals surface area (Å²) < 4.78 is 0. The van der Waals surface area contributed by atoms with Crippen molar-refractivity contribution in [1.82, 2.24) is 4.98 Å². The number of thiazole rings is 1. The molecule has 0 aliphatic rings. The van der Waals surface area contributed by atoms with Gasteiger partial charge >= 0.3 is 0 Å². The number of nitriles is 1. The molecule has 1 aromatic heterocycles. The van der Waals surface area contributed by atoms with E-state index in [1.807, 2.05) is 25.1 Å². The molecule has 0 N–H and O–H groups in total. The monoisotopic (exact) mass is 228 g/mol. The molecule has 0 saturated heterocycles. The van der Waals surface area contributed by atoms with Crippen LogP contribution in [-0.4, -0.2) is 4.98 Å². The van der Waals surface area contributed by atoms with Crippen molar-refractivity contribution in [2.45, 2.75) is 19.8 Å². The molecule has 1 heterocycles. The fraction of sp³-hybridized carbons (Fsp3) is 0.231. The van der Waals surface area contributed by atoms with E-state index in [4.69, 9.17) is 5.26 Å². The largest absolute Gasteiger partial charge is 0.246 e. The summed E-state index contributed by atoms with van der Waals surface area (Å²) in [4.78, 5) is 5.58. The molecule has 2 rings (SSSR count). The number of aryl methyl sites for hydroxylation is 1. The second-order valence-corrected chi connectivity index (χ2v) is 4.78. The fourth-order valence-corrected chi connectivity index (χ4v) is 2.61. The Balaban J connectivity index is 2.17. The lowest BCUT2D eigenvalue weighted by atomic mass is 10.2. The van der Waals surface area contributed by atoms with Crippen LogP contribution in [0, 0.1) is 18.3 Å². The van der Waals surface area contributed by atoms with E-state index >= 15 is 0 Å². The highest BCUT2D eigenvalue weighted by Gasteiger charge is 2.07. The van der Waals surface area contributed by atoms with Crippen molar-refractivity contribution < 1.29 is 0 Å². The van der Waals surface area contributed by atoms with Crippen LogP contribution in [0.15, 0.2) is 30.3 Å². The highest BCUT2D eigenvalue weighted by molar-refractivity contribution is 7.11. The Bertz CT molecular complexity index is 508. The van der Waals surface area contributed by atoms with Crippen LogP contribution < -0.4 is 0 Å². The van der Waals surface area contributed by atoms with Crippen LogP contribution >= 0.6 is 11.3 Å². The van der Waals surface area contributed by atoms with E-state index in [0.717, 1.165) is 22.0 Å². The zero-order valence-corrected chi connectivity index (χ0v) is 9.92. The molecule has 16 heavy (non-hydrogen) atoms. The lowest BCUT2D eigenvalue weighted by molar-refractivity contribution is 1.09. The van der Waals surface area contributed by atoms with E-state index in [-0.39, 0.29) is 0 Å². The molecule has 1 aromatic carbocycles. The number of rotatable bonds is 3. The number of nitrogens with zero attached hydrogens (tertiary/aromatic N) is 2. The van der Waals surface area contributed by atoms with Gasteiger partial charge in [0.25, 0.3) is 0 Å². The minimum Gasteiger partial charge on any atom is -0.246 e. The molecular formula is C13H12N2S. The molecule has 0 radical (unpaired) electrons. The summed E-state index contributed by atoms with van der Waals surface area (Å²) in [6.07, 6.45) is 1.33. The highest BCUT2D eigenvalue weighted by atomic mass is 32.1. The number of hydrogen-bond donors (Lipinski definition) is 0. The van der Waals surface area contributed by atoms with Crippen molar-refractivity contribution in [2.75, 3.05) is 0 Å². The van der Waals surface area contributed by atoms with Crippen molar-refractivity contribution >= 4 is 11.3 Å². The molecule has 0 spiro atoms. The SMILES string of the molecule is Cc1nc(Cc2ccccc2)sc1CC#N. The minimum atomic E-state index is 0.471. The summed E-state index contributed by atoms with van der Waals surface area (Å²) in [7, 11) is 0. The Labute approximate surface area is 99.2 Å². The quantitative estimate of drug-likeness (QED) is 0.809. The van der Waals surface area contributed by atoms with Crippen LogP contribution in [0.25, 0.3) is 0 Å². The van der Waals surface area contributed by atoms with Crippen molar-refractivity contribution in [3.63, 3.8) is 0 Å². The third kappa shape index (κ3) is 2.47. The van der Waals surface area contributed by atoms with Gasteiger partial charge in [-0.2, -0.15) is 5.26 Å². The lowest BCUT2D eigenvalue weighted by Crippen LogP contribution is -1.86. The van der Waals surface area contributed by atoms with E-state index in [0.29, 0.717) is 6.42 Å². The van der Waals surface area contributed by atoms with Crippen molar-refractivity contribution in [1.29, 1.82) is 5.26 Å². The molecule has 0 bridgehead atoms. The first-order chi connectivity index (χ1) is 7.79. The van der Waals surface area contributed by atoms with Crippen LogP contribution in [-0.2, 0) is 12.8 Å². The third-order valence-electron chi connectivity index (χ3n) is 2.37. The third-order valence-corrected chi connectivity index (χ3v) is 3.53. The Hall–Kier alpha value is -1.66. The molecule has 0 unspecified atom stereocenters. The summed E-state index contributed by atoms with van der Waals surface area (Å²) >= 11 is 1.65.